The number of benzene rings is 3. The van der Waals surface area contributed by atoms with Crippen LogP contribution in [0.3, 0.4) is 0 Å². The molecule has 1 aliphatic carbocycles. The van der Waals surface area contributed by atoms with Gasteiger partial charge < -0.3 is 14.2 Å². The summed E-state index contributed by atoms with van der Waals surface area (Å²) in [5.41, 5.74) is 1.45. The molecule has 3 aromatic carbocycles. The number of hydrogen-bond donors (Lipinski definition) is 0. The first kappa shape index (κ1) is 27.2. The van der Waals surface area contributed by atoms with Gasteiger partial charge in [-0.2, -0.15) is 13.2 Å². The molecule has 1 saturated carbocycles. The van der Waals surface area contributed by atoms with Gasteiger partial charge in [0.15, 0.2) is 12.4 Å². The van der Waals surface area contributed by atoms with Crippen LogP contribution < -0.4 is 4.74 Å². The summed E-state index contributed by atoms with van der Waals surface area (Å²) in [5.74, 6) is -2.19. The molecule has 0 amide bonds. The number of ketones is 1. The predicted molar refractivity (Wildman–Crippen MR) is 138 cm³/mol. The third kappa shape index (κ3) is 6.25. The molecule has 1 heterocycles. The second kappa shape index (κ2) is 11.4. The van der Waals surface area contributed by atoms with Crippen molar-refractivity contribution in [3.05, 3.63) is 102 Å². The summed E-state index contributed by atoms with van der Waals surface area (Å²) in [6, 6.07) is 21.0. The lowest BCUT2D eigenvalue weighted by Crippen LogP contribution is -2.25. The van der Waals surface area contributed by atoms with Gasteiger partial charge in [-0.05, 0) is 47.5 Å². The molecular formula is C31H25F3O6. The number of rotatable bonds is 8. The van der Waals surface area contributed by atoms with Crippen LogP contribution in [0.1, 0.15) is 28.8 Å². The van der Waals surface area contributed by atoms with Gasteiger partial charge in [-0.3, -0.25) is 9.59 Å². The zero-order valence-electron chi connectivity index (χ0n) is 21.2. The van der Waals surface area contributed by atoms with Crippen LogP contribution >= 0.6 is 0 Å². The zero-order chi connectivity index (χ0) is 28.3. The molecule has 1 saturated heterocycles. The molecule has 40 heavy (non-hydrogen) atoms. The Balaban J connectivity index is 1.23. The molecule has 9 heteroatoms. The number of esters is 2. The molecule has 0 radical (unpaired) electrons. The zero-order valence-corrected chi connectivity index (χ0v) is 21.2. The Morgan fingerprint density at radius 3 is 2.40 bits per heavy atom. The average Bonchev–Trinajstić information content (AvgIpc) is 3.46. The van der Waals surface area contributed by atoms with Gasteiger partial charge in [0.25, 0.3) is 0 Å². The molecule has 0 spiro atoms. The van der Waals surface area contributed by atoms with Gasteiger partial charge in [-0.25, -0.2) is 4.79 Å². The maximum Gasteiger partial charge on any atom is 0.416 e. The third-order valence-corrected chi connectivity index (χ3v) is 7.08. The molecule has 5 rings (SSSR count). The first-order valence-electron chi connectivity index (χ1n) is 12.7. The number of alkyl halides is 3. The van der Waals surface area contributed by atoms with Crippen LogP contribution in [0, 0.1) is 11.8 Å². The van der Waals surface area contributed by atoms with E-state index in [1.807, 2.05) is 42.5 Å². The quantitative estimate of drug-likeness (QED) is 0.251. The molecule has 206 valence electrons. The molecule has 2 aliphatic rings. The Labute approximate surface area is 228 Å². The van der Waals surface area contributed by atoms with Crippen molar-refractivity contribution >= 4 is 17.7 Å². The lowest BCUT2D eigenvalue weighted by atomic mass is 9.91. The van der Waals surface area contributed by atoms with E-state index in [9.17, 15) is 27.6 Å². The van der Waals surface area contributed by atoms with E-state index < -0.39 is 48.2 Å². The highest BCUT2D eigenvalue weighted by Crippen LogP contribution is 2.43. The number of ether oxygens (including phenoxy) is 3. The lowest BCUT2D eigenvalue weighted by Gasteiger charge is -2.20. The summed E-state index contributed by atoms with van der Waals surface area (Å²) in [5, 5.41) is 0. The molecule has 2 fully saturated rings. The second-order valence-electron chi connectivity index (χ2n) is 9.74. The number of fused-ring (bicyclic) bond motifs is 1. The van der Waals surface area contributed by atoms with Crippen molar-refractivity contribution in [2.75, 3.05) is 6.61 Å². The highest BCUT2D eigenvalue weighted by molar-refractivity contribution is 5.91. The standard InChI is InChI=1S/C31H25F3O6/c32-31(33,34)22-7-4-8-24(15-22)38-18-23(35)13-14-25-26-16-29(36)39-28(26)17-27(25)40-30(37)21-11-9-20(10-12-21)19-5-2-1-3-6-19/h1-15,25-28H,16-18H2/b14-13+/t25-,26-,27+,28-/m0/s1. The minimum atomic E-state index is -4.53. The molecule has 1 aliphatic heterocycles. The van der Waals surface area contributed by atoms with Gasteiger partial charge in [0.05, 0.1) is 17.5 Å². The maximum atomic E-state index is 13.0. The lowest BCUT2D eigenvalue weighted by molar-refractivity contribution is -0.142. The van der Waals surface area contributed by atoms with Crippen molar-refractivity contribution in [3.63, 3.8) is 0 Å². The minimum Gasteiger partial charge on any atom is -0.485 e. The number of carbonyl (C=O) groups is 3. The molecule has 0 bridgehead atoms. The van der Waals surface area contributed by atoms with Crippen LogP contribution in [0.5, 0.6) is 5.75 Å². The van der Waals surface area contributed by atoms with Crippen LogP contribution in [0.2, 0.25) is 0 Å². The topological polar surface area (TPSA) is 78.9 Å². The fraction of sp³-hybridized carbons (Fsp3) is 0.258. The Bertz CT molecular complexity index is 1410. The number of carbonyl (C=O) groups excluding carboxylic acids is 3. The van der Waals surface area contributed by atoms with Crippen molar-refractivity contribution in [1.82, 2.24) is 0 Å². The van der Waals surface area contributed by atoms with E-state index >= 15 is 0 Å². The van der Waals surface area contributed by atoms with Gasteiger partial charge in [-0.15, -0.1) is 0 Å². The Hall–Kier alpha value is -4.40. The SMILES string of the molecule is O=C(/C=C/[C@H]1[C@@H]2CC(=O)O[C@H]2C[C@H]1OC(=O)c1ccc(-c2ccccc2)cc1)COc1cccc(C(F)(F)F)c1. The molecule has 0 aromatic heterocycles. The van der Waals surface area contributed by atoms with Crippen molar-refractivity contribution < 1.29 is 41.8 Å². The van der Waals surface area contributed by atoms with E-state index in [0.717, 1.165) is 23.3 Å². The fourth-order valence-electron chi connectivity index (χ4n) is 5.11. The van der Waals surface area contributed by atoms with Crippen molar-refractivity contribution in [2.45, 2.75) is 31.2 Å². The van der Waals surface area contributed by atoms with Crippen LogP contribution in [0.25, 0.3) is 11.1 Å². The van der Waals surface area contributed by atoms with Crippen LogP contribution in [-0.2, 0) is 25.2 Å². The van der Waals surface area contributed by atoms with Crippen molar-refractivity contribution in [3.8, 4) is 16.9 Å². The fourth-order valence-corrected chi connectivity index (χ4v) is 5.11. The molecule has 4 atom stereocenters. The van der Waals surface area contributed by atoms with Gasteiger partial charge in [-0.1, -0.05) is 54.6 Å². The van der Waals surface area contributed by atoms with E-state index in [2.05, 4.69) is 0 Å². The summed E-state index contributed by atoms with van der Waals surface area (Å²) in [7, 11) is 0. The Kier molecular flexibility index (Phi) is 7.73. The van der Waals surface area contributed by atoms with Gasteiger partial charge in [0.2, 0.25) is 0 Å². The van der Waals surface area contributed by atoms with Gasteiger partial charge in [0, 0.05) is 18.3 Å². The first-order chi connectivity index (χ1) is 19.2. The normalized spacial score (nSPS) is 22.1. The van der Waals surface area contributed by atoms with E-state index in [1.165, 1.54) is 18.2 Å². The largest absolute Gasteiger partial charge is 0.485 e. The van der Waals surface area contributed by atoms with Crippen LogP contribution in [0.4, 0.5) is 13.2 Å². The highest BCUT2D eigenvalue weighted by atomic mass is 19.4. The maximum absolute atomic E-state index is 13.0. The molecule has 0 N–H and O–H groups in total. The molecular weight excluding hydrogens is 525 g/mol. The monoisotopic (exact) mass is 550 g/mol. The summed E-state index contributed by atoms with van der Waals surface area (Å²) in [6.45, 7) is -0.480. The number of hydrogen-bond acceptors (Lipinski definition) is 6. The van der Waals surface area contributed by atoms with E-state index in [4.69, 9.17) is 14.2 Å². The Morgan fingerprint density at radius 2 is 1.68 bits per heavy atom. The smallest absolute Gasteiger partial charge is 0.416 e. The molecule has 6 nitrogen and oxygen atoms in total. The second-order valence-corrected chi connectivity index (χ2v) is 9.74. The highest BCUT2D eigenvalue weighted by Gasteiger charge is 2.50. The van der Waals surface area contributed by atoms with E-state index in [-0.39, 0.29) is 24.1 Å². The van der Waals surface area contributed by atoms with Crippen molar-refractivity contribution in [2.24, 2.45) is 11.8 Å². The third-order valence-electron chi connectivity index (χ3n) is 7.08. The summed E-state index contributed by atoms with van der Waals surface area (Å²) >= 11 is 0. The van der Waals surface area contributed by atoms with Gasteiger partial charge in [0.1, 0.15) is 18.0 Å². The Morgan fingerprint density at radius 1 is 0.950 bits per heavy atom. The molecule has 3 aromatic rings. The first-order valence-corrected chi connectivity index (χ1v) is 12.7. The molecule has 0 unspecified atom stereocenters. The van der Waals surface area contributed by atoms with Crippen LogP contribution in [0.15, 0.2) is 91.0 Å². The number of halogens is 3. The predicted octanol–water partition coefficient (Wildman–Crippen LogP) is 6.05. The minimum absolute atomic E-state index is 0.0858. The van der Waals surface area contributed by atoms with E-state index in [0.29, 0.717) is 12.0 Å². The summed E-state index contributed by atoms with van der Waals surface area (Å²) in [4.78, 5) is 37.3. The average molecular weight is 551 g/mol. The van der Waals surface area contributed by atoms with Crippen LogP contribution in [-0.4, -0.2) is 36.5 Å². The van der Waals surface area contributed by atoms with Gasteiger partial charge >= 0.3 is 18.1 Å². The summed E-state index contributed by atoms with van der Waals surface area (Å²) < 4.78 is 55.2. The summed E-state index contributed by atoms with van der Waals surface area (Å²) in [6.07, 6.45) is -2.34. The van der Waals surface area contributed by atoms with E-state index in [1.54, 1.807) is 18.2 Å². The van der Waals surface area contributed by atoms with Crippen molar-refractivity contribution in [1.29, 1.82) is 0 Å².